The molecule has 12 nitrogen and oxygen atoms in total. The summed E-state index contributed by atoms with van der Waals surface area (Å²) >= 11 is 0. The van der Waals surface area contributed by atoms with E-state index in [1.807, 2.05) is 74.5 Å². The Hall–Kier alpha value is -4.50. The molecule has 2 saturated heterocycles. The Labute approximate surface area is 314 Å². The maximum atomic E-state index is 13.9. The average molecular weight is 758 g/mol. The summed E-state index contributed by atoms with van der Waals surface area (Å²) in [6.45, 7) is 4.72. The Bertz CT molecular complexity index is 1560. The van der Waals surface area contributed by atoms with Gasteiger partial charge in [0, 0.05) is 38.0 Å². The van der Waals surface area contributed by atoms with E-state index < -0.39 is 59.4 Å². The topological polar surface area (TPSA) is 180 Å². The summed E-state index contributed by atoms with van der Waals surface area (Å²) in [5.41, 5.74) is 13.1. The molecule has 15 heteroatoms. The normalized spacial score (nSPS) is 17.6. The summed E-state index contributed by atoms with van der Waals surface area (Å²) in [5, 5.41) is 8.51. The van der Waals surface area contributed by atoms with Gasteiger partial charge in [0.15, 0.2) is 0 Å². The van der Waals surface area contributed by atoms with Gasteiger partial charge in [-0.3, -0.25) is 24.0 Å². The van der Waals surface area contributed by atoms with Gasteiger partial charge in [-0.1, -0.05) is 74.5 Å². The van der Waals surface area contributed by atoms with E-state index in [4.69, 9.17) is 11.5 Å². The average Bonchev–Trinajstić information content (AvgIpc) is 3.12. The number of carbonyl (C=O) groups excluding carboxylic acids is 5. The van der Waals surface area contributed by atoms with Crippen LogP contribution in [-0.4, -0.2) is 102 Å². The molecule has 2 fully saturated rings. The fourth-order valence-electron chi connectivity index (χ4n) is 7.12. The van der Waals surface area contributed by atoms with Crippen LogP contribution in [0.15, 0.2) is 60.7 Å². The second kappa shape index (κ2) is 19.2. The highest BCUT2D eigenvalue weighted by Crippen LogP contribution is 2.42. The first-order chi connectivity index (χ1) is 25.6. The van der Waals surface area contributed by atoms with Crippen LogP contribution >= 0.6 is 0 Å². The third-order valence-corrected chi connectivity index (χ3v) is 10.2. The zero-order valence-corrected chi connectivity index (χ0v) is 31.1. The molecule has 0 radical (unpaired) electrons. The fraction of sp³-hybridized carbons (Fsp3) is 0.564. The number of benzene rings is 2. The number of carbonyl (C=O) groups is 5. The number of hydrogen-bond acceptors (Lipinski definition) is 7. The Balaban J connectivity index is 1.43. The molecule has 4 rings (SSSR count). The quantitative estimate of drug-likeness (QED) is 0.154. The number of amides is 5. The van der Waals surface area contributed by atoms with Gasteiger partial charge in [-0.25, -0.2) is 0 Å². The predicted molar refractivity (Wildman–Crippen MR) is 197 cm³/mol. The van der Waals surface area contributed by atoms with Gasteiger partial charge in [-0.2, -0.15) is 13.2 Å². The summed E-state index contributed by atoms with van der Waals surface area (Å²) in [5.74, 6) is -3.85. The van der Waals surface area contributed by atoms with Crippen molar-refractivity contribution in [1.29, 1.82) is 0 Å². The van der Waals surface area contributed by atoms with Crippen LogP contribution in [0.5, 0.6) is 0 Å². The summed E-state index contributed by atoms with van der Waals surface area (Å²) in [6, 6.07) is 14.5. The van der Waals surface area contributed by atoms with E-state index in [2.05, 4.69) is 16.0 Å². The molecule has 2 aromatic rings. The summed E-state index contributed by atoms with van der Waals surface area (Å²) in [4.78, 5) is 69.1. The highest BCUT2D eigenvalue weighted by Gasteiger charge is 2.53. The van der Waals surface area contributed by atoms with E-state index in [0.29, 0.717) is 38.6 Å². The summed E-state index contributed by atoms with van der Waals surface area (Å²) in [6.07, 6.45) is -1.94. The standard InChI is InChI=1S/C39H54F3N7O5/c1-26(2)21-31(47-35(52)32(23-28-13-7-4-8-14-28)46-33(50)29(44)22-27-11-5-3-6-12-27)34(51)45-30(15-9-10-18-43)36(53)48-19-16-38(17-20-48)24-49(25-38)37(54)39(40,41)42/h3-8,11-14,26,29-32H,9-10,15-25,43-44H2,1-2H3,(H,45,51)(H,46,50)(H,47,52). The largest absolute Gasteiger partial charge is 0.471 e. The summed E-state index contributed by atoms with van der Waals surface area (Å²) < 4.78 is 38.7. The zero-order valence-electron chi connectivity index (χ0n) is 31.1. The van der Waals surface area contributed by atoms with E-state index in [0.717, 1.165) is 16.0 Å². The van der Waals surface area contributed by atoms with Crippen molar-refractivity contribution in [2.45, 2.75) is 95.6 Å². The van der Waals surface area contributed by atoms with Crippen LogP contribution in [0.2, 0.25) is 0 Å². The van der Waals surface area contributed by atoms with Gasteiger partial charge in [0.2, 0.25) is 23.6 Å². The molecule has 2 heterocycles. The number of unbranched alkanes of at least 4 members (excludes halogenated alkanes) is 1. The lowest BCUT2D eigenvalue weighted by Crippen LogP contribution is -2.65. The van der Waals surface area contributed by atoms with Gasteiger partial charge in [0.25, 0.3) is 0 Å². The van der Waals surface area contributed by atoms with Crippen molar-refractivity contribution in [3.05, 3.63) is 71.8 Å². The lowest BCUT2D eigenvalue weighted by molar-refractivity contribution is -0.198. The molecule has 4 unspecified atom stereocenters. The number of hydrogen-bond donors (Lipinski definition) is 5. The van der Waals surface area contributed by atoms with Crippen molar-refractivity contribution in [1.82, 2.24) is 25.8 Å². The first-order valence-corrected chi connectivity index (χ1v) is 18.7. The smallest absolute Gasteiger partial charge is 0.343 e. The Morgan fingerprint density at radius 1 is 0.741 bits per heavy atom. The Morgan fingerprint density at radius 3 is 1.80 bits per heavy atom. The molecule has 7 N–H and O–H groups in total. The van der Waals surface area contributed by atoms with Gasteiger partial charge in [0.05, 0.1) is 6.04 Å². The number of alkyl halides is 3. The molecule has 2 aromatic carbocycles. The van der Waals surface area contributed by atoms with E-state index in [9.17, 15) is 37.1 Å². The first kappa shape index (κ1) is 42.2. The van der Waals surface area contributed by atoms with Crippen LogP contribution < -0.4 is 27.4 Å². The molecule has 5 amide bonds. The van der Waals surface area contributed by atoms with Gasteiger partial charge < -0.3 is 37.2 Å². The molecule has 0 aromatic heterocycles. The summed E-state index contributed by atoms with van der Waals surface area (Å²) in [7, 11) is 0. The Kier molecular flexibility index (Phi) is 15.0. The molecule has 1 spiro atoms. The monoisotopic (exact) mass is 757 g/mol. The molecule has 0 saturated carbocycles. The van der Waals surface area contributed by atoms with E-state index in [1.54, 1.807) is 4.90 Å². The number of likely N-dealkylation sites (tertiary alicyclic amines) is 2. The lowest BCUT2D eigenvalue weighted by atomic mass is 9.72. The van der Waals surface area contributed by atoms with Gasteiger partial charge >= 0.3 is 12.1 Å². The van der Waals surface area contributed by atoms with Crippen LogP contribution in [0.1, 0.15) is 63.5 Å². The highest BCUT2D eigenvalue weighted by atomic mass is 19.4. The second-order valence-electron chi connectivity index (χ2n) is 15.1. The highest BCUT2D eigenvalue weighted by molar-refractivity contribution is 5.95. The van der Waals surface area contributed by atoms with Crippen molar-refractivity contribution in [3.63, 3.8) is 0 Å². The molecule has 2 aliphatic rings. The predicted octanol–water partition coefficient (Wildman–Crippen LogP) is 2.44. The number of nitrogens with zero attached hydrogens (tertiary/aromatic N) is 2. The fourth-order valence-corrected chi connectivity index (χ4v) is 7.12. The van der Waals surface area contributed by atoms with Gasteiger partial charge in [-0.05, 0) is 68.5 Å². The Morgan fingerprint density at radius 2 is 1.26 bits per heavy atom. The van der Waals surface area contributed by atoms with Gasteiger partial charge in [-0.15, -0.1) is 0 Å². The minimum atomic E-state index is -4.92. The maximum Gasteiger partial charge on any atom is 0.471 e. The SMILES string of the molecule is CC(C)CC(NC(=O)C(Cc1ccccc1)NC(=O)C(N)Cc1ccccc1)C(=O)NC(CCCCN)C(=O)N1CCC2(CC1)CN(C(=O)C(F)(F)F)C2. The van der Waals surface area contributed by atoms with Crippen molar-refractivity contribution < 1.29 is 37.1 Å². The van der Waals surface area contributed by atoms with Crippen molar-refractivity contribution in [2.24, 2.45) is 22.8 Å². The third-order valence-electron chi connectivity index (χ3n) is 10.2. The lowest BCUT2D eigenvalue weighted by Gasteiger charge is -2.54. The van der Waals surface area contributed by atoms with Crippen LogP contribution in [0.3, 0.4) is 0 Å². The molecule has 0 aliphatic carbocycles. The van der Waals surface area contributed by atoms with Crippen LogP contribution in [0.25, 0.3) is 0 Å². The van der Waals surface area contributed by atoms with Crippen LogP contribution in [0.4, 0.5) is 13.2 Å². The van der Waals surface area contributed by atoms with Crippen molar-refractivity contribution in [3.8, 4) is 0 Å². The molecule has 54 heavy (non-hydrogen) atoms. The number of halogens is 3. The number of piperidine rings is 1. The molecule has 296 valence electrons. The third kappa shape index (κ3) is 12.0. The van der Waals surface area contributed by atoms with Crippen molar-refractivity contribution >= 4 is 29.5 Å². The second-order valence-corrected chi connectivity index (χ2v) is 15.1. The minimum Gasteiger partial charge on any atom is -0.343 e. The van der Waals surface area contributed by atoms with Gasteiger partial charge in [0.1, 0.15) is 18.1 Å². The first-order valence-electron chi connectivity index (χ1n) is 18.7. The van der Waals surface area contributed by atoms with E-state index >= 15 is 0 Å². The molecular formula is C39H54F3N7O5. The number of nitrogens with two attached hydrogens (primary N) is 2. The molecule has 4 atom stereocenters. The molecular weight excluding hydrogens is 703 g/mol. The van der Waals surface area contributed by atoms with E-state index in [-0.39, 0.29) is 57.3 Å². The van der Waals surface area contributed by atoms with Crippen molar-refractivity contribution in [2.75, 3.05) is 32.7 Å². The molecule has 2 aliphatic heterocycles. The number of nitrogens with one attached hydrogen (secondary N) is 3. The zero-order chi connectivity index (χ0) is 39.5. The van der Waals surface area contributed by atoms with Crippen LogP contribution in [0, 0.1) is 11.3 Å². The van der Waals surface area contributed by atoms with Crippen LogP contribution in [-0.2, 0) is 36.8 Å². The molecule has 0 bridgehead atoms. The van der Waals surface area contributed by atoms with E-state index in [1.165, 1.54) is 0 Å². The number of rotatable bonds is 17. The minimum absolute atomic E-state index is 0.00863. The maximum absolute atomic E-state index is 13.9.